The molecular weight excluding hydrogens is 396 g/mol. The first-order valence-electron chi connectivity index (χ1n) is 9.14. The molecule has 1 unspecified atom stereocenters. The van der Waals surface area contributed by atoms with Crippen molar-refractivity contribution in [2.75, 3.05) is 17.6 Å². The van der Waals surface area contributed by atoms with Crippen molar-refractivity contribution in [2.45, 2.75) is 37.8 Å². The van der Waals surface area contributed by atoms with E-state index in [4.69, 9.17) is 4.74 Å². The smallest absolute Gasteiger partial charge is 0.408 e. The topological polar surface area (TPSA) is 115 Å². The van der Waals surface area contributed by atoms with E-state index in [0.717, 1.165) is 5.82 Å². The van der Waals surface area contributed by atoms with Gasteiger partial charge in [-0.1, -0.05) is 6.07 Å². The number of hydrogen-bond donors (Lipinski definition) is 2. The molecule has 2 atom stereocenters. The predicted molar refractivity (Wildman–Crippen MR) is 104 cm³/mol. The lowest BCUT2D eigenvalue weighted by atomic mass is 10.0. The summed E-state index contributed by atoms with van der Waals surface area (Å²) in [5.74, 6) is -0.693. The van der Waals surface area contributed by atoms with E-state index in [0.29, 0.717) is 11.3 Å². The first-order chi connectivity index (χ1) is 13.6. The summed E-state index contributed by atoms with van der Waals surface area (Å²) in [5, 5.41) is 17.0. The van der Waals surface area contributed by atoms with Crippen LogP contribution in [0, 0.1) is 0 Å². The number of nitrogens with zero attached hydrogens (tertiary/aromatic N) is 2. The number of alkyl carbamates (subject to hydrolysis) is 1. The van der Waals surface area contributed by atoms with Gasteiger partial charge < -0.3 is 20.0 Å². The summed E-state index contributed by atoms with van der Waals surface area (Å²) in [6.45, 7) is 5.42. The summed E-state index contributed by atoms with van der Waals surface area (Å²) in [6.07, 6.45) is 1.16. The number of β-lactam (4-membered cyclic amide) rings is 1. The van der Waals surface area contributed by atoms with E-state index in [1.165, 1.54) is 16.7 Å². The molecule has 0 saturated carbocycles. The van der Waals surface area contributed by atoms with Crippen molar-refractivity contribution in [1.82, 2.24) is 10.2 Å². The number of pyridine rings is 1. The van der Waals surface area contributed by atoms with Crippen molar-refractivity contribution in [1.29, 1.82) is 0 Å². The van der Waals surface area contributed by atoms with E-state index in [-0.39, 0.29) is 12.2 Å². The van der Waals surface area contributed by atoms with Crippen molar-refractivity contribution in [3.05, 3.63) is 35.7 Å². The van der Waals surface area contributed by atoms with Crippen LogP contribution in [0.5, 0.6) is 0 Å². The van der Waals surface area contributed by atoms with E-state index < -0.39 is 35.0 Å². The highest BCUT2D eigenvalue weighted by Gasteiger charge is 2.53. The summed E-state index contributed by atoms with van der Waals surface area (Å²) < 4.78 is 7.05. The summed E-state index contributed by atoms with van der Waals surface area (Å²) in [7, 11) is 1.87. The number of carbonyl (C=O) groups excluding carboxylic acids is 3. The molecule has 2 N–H and O–H groups in total. The largest absolute Gasteiger partial charge is 0.543 e. The van der Waals surface area contributed by atoms with E-state index >= 15 is 0 Å². The van der Waals surface area contributed by atoms with Crippen LogP contribution >= 0.6 is 11.8 Å². The fourth-order valence-corrected chi connectivity index (χ4v) is 4.49. The number of carboxylic acid groups (broad SMARTS) is 1. The Labute approximate surface area is 173 Å². The number of amides is 2. The van der Waals surface area contributed by atoms with Gasteiger partial charge in [-0.15, -0.1) is 11.8 Å². The quantitative estimate of drug-likeness (QED) is 0.498. The van der Waals surface area contributed by atoms with Gasteiger partial charge in [0.1, 0.15) is 23.6 Å². The van der Waals surface area contributed by atoms with Gasteiger partial charge in [-0.2, -0.15) is 0 Å². The summed E-state index contributed by atoms with van der Waals surface area (Å²) >= 11 is 1.39. The van der Waals surface area contributed by atoms with E-state index in [9.17, 15) is 19.5 Å². The molecule has 2 amide bonds. The molecule has 0 aliphatic carbocycles. The van der Waals surface area contributed by atoms with Crippen molar-refractivity contribution >= 4 is 35.5 Å². The molecule has 9 nitrogen and oxygen atoms in total. The fraction of sp³-hybridized carbons (Fsp3) is 0.474. The third-order valence-electron chi connectivity index (χ3n) is 4.45. The van der Waals surface area contributed by atoms with Crippen LogP contribution < -0.4 is 20.3 Å². The van der Waals surface area contributed by atoms with Gasteiger partial charge in [0.15, 0.2) is 0 Å². The summed E-state index contributed by atoms with van der Waals surface area (Å²) in [5.41, 5.74) is -0.273. The number of carbonyl (C=O) groups is 3. The minimum Gasteiger partial charge on any atom is -0.543 e. The standard InChI is InChI=1S/C19H24N4O5S/c1-19(2,3)28-18(27)21-13-15(24)23-14(17(25)26)11(10-29-16(13)23)9-20-12-7-5-6-8-22(12)4/h5-8,13,16H,9-10H2,1-4H3,(H2,21,25,26,27)/t13?,16-/m1/s1. The van der Waals surface area contributed by atoms with E-state index in [1.54, 1.807) is 20.8 Å². The monoisotopic (exact) mass is 420 g/mol. The minimum absolute atomic E-state index is 0.132. The van der Waals surface area contributed by atoms with Gasteiger partial charge in [0.2, 0.25) is 0 Å². The molecule has 1 fully saturated rings. The Kier molecular flexibility index (Phi) is 5.74. The van der Waals surface area contributed by atoms with Crippen LogP contribution in [0.15, 0.2) is 35.7 Å². The second kappa shape index (κ2) is 7.94. The van der Waals surface area contributed by atoms with Gasteiger partial charge in [0, 0.05) is 17.4 Å². The Hall–Kier alpha value is -2.75. The number of thioether (sulfide) groups is 1. The Morgan fingerprint density at radius 2 is 2.10 bits per heavy atom. The van der Waals surface area contributed by atoms with Crippen molar-refractivity contribution in [3.8, 4) is 0 Å². The lowest BCUT2D eigenvalue weighted by Gasteiger charge is -2.50. The van der Waals surface area contributed by atoms with Crippen molar-refractivity contribution in [3.63, 3.8) is 0 Å². The Bertz CT molecular complexity index is 880. The number of aliphatic carboxylic acids is 1. The van der Waals surface area contributed by atoms with Gasteiger partial charge in [0.05, 0.1) is 24.9 Å². The van der Waals surface area contributed by atoms with Crippen LogP contribution in [-0.2, 0) is 21.4 Å². The van der Waals surface area contributed by atoms with Crippen LogP contribution in [0.2, 0.25) is 0 Å². The summed E-state index contributed by atoms with van der Waals surface area (Å²) in [4.78, 5) is 37.5. The highest BCUT2D eigenvalue weighted by atomic mass is 32.2. The minimum atomic E-state index is -1.41. The average Bonchev–Trinajstić information content (AvgIpc) is 2.63. The predicted octanol–water partition coefficient (Wildman–Crippen LogP) is -0.265. The Morgan fingerprint density at radius 3 is 2.72 bits per heavy atom. The molecule has 156 valence electrons. The van der Waals surface area contributed by atoms with Crippen LogP contribution in [-0.4, -0.2) is 52.2 Å². The molecule has 1 saturated heterocycles. The molecule has 3 rings (SSSR count). The first kappa shape index (κ1) is 21.0. The van der Waals surface area contributed by atoms with Gasteiger partial charge in [-0.3, -0.25) is 15.0 Å². The van der Waals surface area contributed by atoms with Crippen LogP contribution in [0.3, 0.4) is 0 Å². The number of rotatable bonds is 5. The van der Waals surface area contributed by atoms with Gasteiger partial charge >= 0.3 is 6.09 Å². The number of aromatic nitrogens is 1. The zero-order valence-electron chi connectivity index (χ0n) is 16.7. The number of carboxylic acids is 1. The van der Waals surface area contributed by atoms with Crippen molar-refractivity contribution < 1.29 is 28.8 Å². The lowest BCUT2D eigenvalue weighted by Crippen LogP contribution is -2.71. The highest BCUT2D eigenvalue weighted by molar-refractivity contribution is 8.00. The molecule has 0 spiro atoms. The molecule has 3 heterocycles. The molecule has 0 aromatic carbocycles. The third kappa shape index (κ3) is 4.47. The number of hydrogen-bond acceptors (Lipinski definition) is 7. The normalized spacial score (nSPS) is 21.2. The number of aryl methyl sites for hydroxylation is 1. The van der Waals surface area contributed by atoms with Crippen LogP contribution in [0.25, 0.3) is 0 Å². The van der Waals surface area contributed by atoms with Gasteiger partial charge in [0.25, 0.3) is 11.7 Å². The second-order valence-corrected chi connectivity index (χ2v) is 8.93. The highest BCUT2D eigenvalue weighted by Crippen LogP contribution is 2.40. The van der Waals surface area contributed by atoms with E-state index in [2.05, 4.69) is 10.6 Å². The average molecular weight is 420 g/mol. The van der Waals surface area contributed by atoms with Gasteiger partial charge in [-0.25, -0.2) is 9.36 Å². The molecule has 0 radical (unpaired) electrons. The number of ether oxygens (including phenoxy) is 1. The molecular formula is C19H24N4O5S. The van der Waals surface area contributed by atoms with Crippen LogP contribution in [0.4, 0.5) is 10.6 Å². The zero-order chi connectivity index (χ0) is 21.3. The molecule has 2 aliphatic rings. The molecule has 2 aliphatic heterocycles. The Balaban J connectivity index is 1.72. The number of fused-ring (bicyclic) bond motifs is 1. The maximum atomic E-state index is 12.6. The SMILES string of the molecule is C[n+]1ccccc1NCC1=C(C(=O)[O-])N2C(=O)C(NC(=O)OC(C)(C)C)[C@H]2SC1. The molecule has 0 bridgehead atoms. The Morgan fingerprint density at radius 1 is 1.38 bits per heavy atom. The zero-order valence-corrected chi connectivity index (χ0v) is 17.5. The molecule has 29 heavy (non-hydrogen) atoms. The van der Waals surface area contributed by atoms with Crippen LogP contribution in [0.1, 0.15) is 20.8 Å². The summed E-state index contributed by atoms with van der Waals surface area (Å²) in [6, 6.07) is 4.79. The maximum absolute atomic E-state index is 12.6. The molecule has 1 aromatic rings. The fourth-order valence-electron chi connectivity index (χ4n) is 3.15. The first-order valence-corrected chi connectivity index (χ1v) is 10.2. The number of nitrogens with one attached hydrogen (secondary N) is 2. The second-order valence-electron chi connectivity index (χ2n) is 7.82. The lowest BCUT2D eigenvalue weighted by molar-refractivity contribution is -0.657. The molecule has 10 heteroatoms. The van der Waals surface area contributed by atoms with E-state index in [1.807, 2.05) is 36.0 Å². The maximum Gasteiger partial charge on any atom is 0.408 e. The van der Waals surface area contributed by atoms with Gasteiger partial charge in [-0.05, 0) is 26.8 Å². The number of anilines is 1. The van der Waals surface area contributed by atoms with Crippen molar-refractivity contribution in [2.24, 2.45) is 7.05 Å². The third-order valence-corrected chi connectivity index (χ3v) is 5.79. The molecule has 1 aromatic heterocycles.